The normalized spacial score (nSPS) is 10.2. The zero-order chi connectivity index (χ0) is 14.0. The van der Waals surface area contributed by atoms with Gasteiger partial charge in [0.2, 0.25) is 0 Å². The number of rotatable bonds is 2. The van der Waals surface area contributed by atoms with Crippen LogP contribution in [0.1, 0.15) is 10.4 Å². The Morgan fingerprint density at radius 3 is 2.47 bits per heavy atom. The Morgan fingerprint density at radius 1 is 1.11 bits per heavy atom. The molecule has 3 N–H and O–H groups in total. The summed E-state index contributed by atoms with van der Waals surface area (Å²) in [4.78, 5) is 12.0. The molecule has 2 aromatic rings. The van der Waals surface area contributed by atoms with Gasteiger partial charge in [0, 0.05) is 19.3 Å². The summed E-state index contributed by atoms with van der Waals surface area (Å²) in [5.41, 5.74) is 0.912. The quantitative estimate of drug-likeness (QED) is 0.499. The topological polar surface area (TPSA) is 69.6 Å². The molecular formula is C13H9BrINO3. The number of phenols is 2. The first-order chi connectivity index (χ1) is 8.97. The van der Waals surface area contributed by atoms with Crippen molar-refractivity contribution in [1.29, 1.82) is 0 Å². The van der Waals surface area contributed by atoms with E-state index >= 15 is 0 Å². The SMILES string of the molecule is O=C(Nc1ccc(I)c(Br)c1)c1ccc(O)c(O)c1. The molecule has 0 aromatic heterocycles. The molecule has 0 aliphatic carbocycles. The molecule has 0 aliphatic rings. The van der Waals surface area contributed by atoms with Gasteiger partial charge < -0.3 is 15.5 Å². The molecule has 6 heteroatoms. The van der Waals surface area contributed by atoms with E-state index in [9.17, 15) is 15.0 Å². The molecule has 2 rings (SSSR count). The van der Waals surface area contributed by atoms with E-state index in [-0.39, 0.29) is 23.0 Å². The minimum Gasteiger partial charge on any atom is -0.504 e. The van der Waals surface area contributed by atoms with Crippen LogP contribution in [0.5, 0.6) is 11.5 Å². The standard InChI is InChI=1S/C13H9BrINO3/c14-9-6-8(2-3-10(9)15)16-13(19)7-1-4-11(17)12(18)5-7/h1-6,17-18H,(H,16,19). The number of carbonyl (C=O) groups excluding carboxylic acids is 1. The first-order valence-electron chi connectivity index (χ1n) is 5.26. The lowest BCUT2D eigenvalue weighted by Gasteiger charge is -2.07. The van der Waals surface area contributed by atoms with Gasteiger partial charge in [0.15, 0.2) is 11.5 Å². The highest BCUT2D eigenvalue weighted by atomic mass is 127. The Balaban J connectivity index is 2.20. The fraction of sp³-hybridized carbons (Fsp3) is 0. The van der Waals surface area contributed by atoms with Gasteiger partial charge in [-0.05, 0) is 74.9 Å². The van der Waals surface area contributed by atoms with Crippen LogP contribution in [0, 0.1) is 3.57 Å². The molecule has 0 spiro atoms. The summed E-state index contributed by atoms with van der Waals surface area (Å²) >= 11 is 5.56. The van der Waals surface area contributed by atoms with Gasteiger partial charge in [0.05, 0.1) is 0 Å². The monoisotopic (exact) mass is 433 g/mol. The van der Waals surface area contributed by atoms with Crippen molar-refractivity contribution in [2.45, 2.75) is 0 Å². The summed E-state index contributed by atoms with van der Waals surface area (Å²) in [6.07, 6.45) is 0. The third-order valence-electron chi connectivity index (χ3n) is 2.42. The molecule has 0 atom stereocenters. The van der Waals surface area contributed by atoms with Crippen LogP contribution in [0.3, 0.4) is 0 Å². The van der Waals surface area contributed by atoms with E-state index in [1.165, 1.54) is 18.2 Å². The number of nitrogens with one attached hydrogen (secondary N) is 1. The van der Waals surface area contributed by atoms with Crippen molar-refractivity contribution in [3.8, 4) is 11.5 Å². The Kier molecular flexibility index (Phi) is 4.31. The van der Waals surface area contributed by atoms with Crippen LogP contribution in [0.2, 0.25) is 0 Å². The molecule has 0 heterocycles. The number of carbonyl (C=O) groups is 1. The van der Waals surface area contributed by atoms with Crippen molar-refractivity contribution in [3.63, 3.8) is 0 Å². The smallest absolute Gasteiger partial charge is 0.255 e. The summed E-state index contributed by atoms with van der Waals surface area (Å²) in [5, 5.41) is 21.3. The predicted molar refractivity (Wildman–Crippen MR) is 84.6 cm³/mol. The molecule has 0 radical (unpaired) electrons. The van der Waals surface area contributed by atoms with E-state index in [2.05, 4.69) is 43.8 Å². The lowest BCUT2D eigenvalue weighted by molar-refractivity contribution is 0.102. The maximum absolute atomic E-state index is 12.0. The second kappa shape index (κ2) is 5.79. The lowest BCUT2D eigenvalue weighted by Crippen LogP contribution is -2.11. The van der Waals surface area contributed by atoms with Crippen LogP contribution >= 0.6 is 38.5 Å². The molecule has 19 heavy (non-hydrogen) atoms. The van der Waals surface area contributed by atoms with Crippen LogP contribution < -0.4 is 5.32 Å². The second-order valence-electron chi connectivity index (χ2n) is 3.79. The Labute approximate surface area is 131 Å². The molecule has 2 aromatic carbocycles. The number of hydrogen-bond donors (Lipinski definition) is 3. The van der Waals surface area contributed by atoms with Crippen LogP contribution in [-0.2, 0) is 0 Å². The average molecular weight is 434 g/mol. The van der Waals surface area contributed by atoms with Crippen molar-refractivity contribution in [3.05, 3.63) is 50.0 Å². The van der Waals surface area contributed by atoms with Crippen LogP contribution in [0.15, 0.2) is 40.9 Å². The first-order valence-corrected chi connectivity index (χ1v) is 7.13. The van der Waals surface area contributed by atoms with Crippen molar-refractivity contribution in [1.82, 2.24) is 0 Å². The van der Waals surface area contributed by atoms with Gasteiger partial charge in [-0.3, -0.25) is 4.79 Å². The van der Waals surface area contributed by atoms with Crippen molar-refractivity contribution >= 4 is 50.1 Å². The minimum atomic E-state index is -0.358. The number of hydrogen-bond acceptors (Lipinski definition) is 3. The molecule has 0 saturated carbocycles. The Hall–Kier alpha value is -1.28. The third kappa shape index (κ3) is 3.38. The largest absolute Gasteiger partial charge is 0.504 e. The molecular weight excluding hydrogens is 425 g/mol. The molecule has 98 valence electrons. The number of amides is 1. The highest BCUT2D eigenvalue weighted by Crippen LogP contribution is 2.26. The molecule has 4 nitrogen and oxygen atoms in total. The maximum atomic E-state index is 12.0. The van der Waals surface area contributed by atoms with E-state index in [1.54, 1.807) is 12.1 Å². The van der Waals surface area contributed by atoms with E-state index in [0.29, 0.717) is 5.69 Å². The zero-order valence-electron chi connectivity index (χ0n) is 9.52. The van der Waals surface area contributed by atoms with Gasteiger partial charge in [-0.1, -0.05) is 0 Å². The van der Waals surface area contributed by atoms with Crippen LogP contribution in [-0.4, -0.2) is 16.1 Å². The number of halogens is 2. The number of phenolic OH excluding ortho intramolecular Hbond substituents is 2. The minimum absolute atomic E-state index is 0.256. The van der Waals surface area contributed by atoms with E-state index < -0.39 is 0 Å². The van der Waals surface area contributed by atoms with Gasteiger partial charge >= 0.3 is 0 Å². The summed E-state index contributed by atoms with van der Waals surface area (Å²) in [6.45, 7) is 0. The fourth-order valence-corrected chi connectivity index (χ4v) is 2.16. The summed E-state index contributed by atoms with van der Waals surface area (Å²) in [6, 6.07) is 9.37. The lowest BCUT2D eigenvalue weighted by atomic mass is 10.2. The molecule has 0 aliphatic heterocycles. The van der Waals surface area contributed by atoms with Crippen LogP contribution in [0.4, 0.5) is 5.69 Å². The third-order valence-corrected chi connectivity index (χ3v) is 4.75. The predicted octanol–water partition coefficient (Wildman–Crippen LogP) is 3.72. The van der Waals surface area contributed by atoms with Crippen molar-refractivity contribution < 1.29 is 15.0 Å². The van der Waals surface area contributed by atoms with Gasteiger partial charge in [0.1, 0.15) is 0 Å². The Morgan fingerprint density at radius 2 is 1.84 bits per heavy atom. The van der Waals surface area contributed by atoms with E-state index in [0.717, 1.165) is 8.04 Å². The highest BCUT2D eigenvalue weighted by Gasteiger charge is 2.09. The van der Waals surface area contributed by atoms with Crippen molar-refractivity contribution in [2.24, 2.45) is 0 Å². The summed E-state index contributed by atoms with van der Waals surface area (Å²) < 4.78 is 1.93. The molecule has 0 unspecified atom stereocenters. The molecule has 1 amide bonds. The maximum Gasteiger partial charge on any atom is 0.255 e. The van der Waals surface area contributed by atoms with Gasteiger partial charge in [0.25, 0.3) is 5.91 Å². The summed E-state index contributed by atoms with van der Waals surface area (Å²) in [7, 11) is 0. The number of benzene rings is 2. The molecule has 0 saturated heterocycles. The Bertz CT molecular complexity index is 646. The fourth-order valence-electron chi connectivity index (χ4n) is 1.44. The molecule has 0 bridgehead atoms. The van der Waals surface area contributed by atoms with Gasteiger partial charge in [-0.15, -0.1) is 0 Å². The van der Waals surface area contributed by atoms with E-state index in [4.69, 9.17) is 0 Å². The summed E-state index contributed by atoms with van der Waals surface area (Å²) in [5.74, 6) is -0.937. The zero-order valence-corrected chi connectivity index (χ0v) is 13.3. The van der Waals surface area contributed by atoms with Gasteiger partial charge in [-0.2, -0.15) is 0 Å². The average Bonchev–Trinajstić information content (AvgIpc) is 2.37. The number of aromatic hydroxyl groups is 2. The van der Waals surface area contributed by atoms with E-state index in [1.807, 2.05) is 6.07 Å². The number of anilines is 1. The second-order valence-corrected chi connectivity index (χ2v) is 5.80. The van der Waals surface area contributed by atoms with Crippen LogP contribution in [0.25, 0.3) is 0 Å². The van der Waals surface area contributed by atoms with Gasteiger partial charge in [-0.25, -0.2) is 0 Å². The highest BCUT2D eigenvalue weighted by molar-refractivity contribution is 14.1. The first kappa shape index (κ1) is 14.1. The van der Waals surface area contributed by atoms with Crippen molar-refractivity contribution in [2.75, 3.05) is 5.32 Å². The molecule has 0 fully saturated rings.